The van der Waals surface area contributed by atoms with E-state index >= 15 is 0 Å². The molecule has 0 bridgehead atoms. The number of anilines is 4. The second-order valence-electron chi connectivity index (χ2n) is 9.45. The van der Waals surface area contributed by atoms with Gasteiger partial charge in [0.15, 0.2) is 0 Å². The Morgan fingerprint density at radius 1 is 0.800 bits per heavy atom. The summed E-state index contributed by atoms with van der Waals surface area (Å²) in [5.41, 5.74) is 13.0. The lowest BCUT2D eigenvalue weighted by Gasteiger charge is -2.33. The molecule has 2 aliphatic rings. The van der Waals surface area contributed by atoms with Gasteiger partial charge in [-0.15, -0.1) is 0 Å². The highest BCUT2D eigenvalue weighted by molar-refractivity contribution is 5.84. The third-order valence-corrected chi connectivity index (χ3v) is 7.17. The Hall–Kier alpha value is -3.78. The first-order valence-corrected chi connectivity index (χ1v) is 12.6. The van der Waals surface area contributed by atoms with E-state index in [1.807, 2.05) is 0 Å². The van der Waals surface area contributed by atoms with Gasteiger partial charge >= 0.3 is 0 Å². The molecule has 0 radical (unpaired) electrons. The van der Waals surface area contributed by atoms with Crippen molar-refractivity contribution in [1.29, 1.82) is 0 Å². The molecule has 1 aliphatic carbocycles. The van der Waals surface area contributed by atoms with Gasteiger partial charge in [-0.1, -0.05) is 79.3 Å². The molecule has 1 aliphatic heterocycles. The molecule has 0 unspecified atom stereocenters. The Morgan fingerprint density at radius 2 is 1.57 bits per heavy atom. The number of benzene rings is 3. The first-order chi connectivity index (χ1) is 17.1. The zero-order valence-corrected chi connectivity index (χ0v) is 21.3. The number of nitrogens with zero attached hydrogens (tertiary/aromatic N) is 2. The molecule has 0 spiro atoms. The Labute approximate surface area is 210 Å². The van der Waals surface area contributed by atoms with E-state index in [9.17, 15) is 0 Å². The number of rotatable bonds is 4. The van der Waals surface area contributed by atoms with Crippen LogP contribution in [0.1, 0.15) is 36.1 Å². The number of allylic oxidation sites excluding steroid dienone is 7. The summed E-state index contributed by atoms with van der Waals surface area (Å²) in [6.07, 6.45) is 16.2. The molecule has 0 amide bonds. The van der Waals surface area contributed by atoms with Crippen molar-refractivity contribution >= 4 is 22.7 Å². The Balaban J connectivity index is 1.77. The van der Waals surface area contributed by atoms with Crippen molar-refractivity contribution in [2.24, 2.45) is 0 Å². The van der Waals surface area contributed by atoms with E-state index < -0.39 is 0 Å². The van der Waals surface area contributed by atoms with Gasteiger partial charge in [-0.05, 0) is 80.2 Å². The molecule has 0 saturated heterocycles. The lowest BCUT2D eigenvalue weighted by Crippen LogP contribution is -2.21. The molecule has 2 nitrogen and oxygen atoms in total. The van der Waals surface area contributed by atoms with Gasteiger partial charge in [-0.2, -0.15) is 0 Å². The van der Waals surface area contributed by atoms with Gasteiger partial charge in [-0.3, -0.25) is 0 Å². The van der Waals surface area contributed by atoms with Crippen LogP contribution in [-0.2, 0) is 19.3 Å². The summed E-state index contributed by atoms with van der Waals surface area (Å²) >= 11 is 0. The maximum atomic E-state index is 2.49. The Kier molecular flexibility index (Phi) is 6.46. The molecule has 1 heterocycles. The molecule has 0 saturated carbocycles. The van der Waals surface area contributed by atoms with Crippen LogP contribution in [0.5, 0.6) is 0 Å². The molecule has 0 aromatic heterocycles. The van der Waals surface area contributed by atoms with Crippen molar-refractivity contribution in [2.45, 2.75) is 40.0 Å². The van der Waals surface area contributed by atoms with Gasteiger partial charge < -0.3 is 9.80 Å². The molecule has 0 fully saturated rings. The van der Waals surface area contributed by atoms with E-state index in [0.717, 1.165) is 19.3 Å². The molecule has 176 valence electrons. The van der Waals surface area contributed by atoms with E-state index in [0.29, 0.717) is 0 Å². The van der Waals surface area contributed by atoms with Crippen LogP contribution in [0.3, 0.4) is 0 Å². The van der Waals surface area contributed by atoms with Crippen molar-refractivity contribution < 1.29 is 0 Å². The van der Waals surface area contributed by atoms with Gasteiger partial charge in [0, 0.05) is 35.4 Å². The monoisotopic (exact) mass is 458 g/mol. The van der Waals surface area contributed by atoms with Crippen molar-refractivity contribution in [1.82, 2.24) is 0 Å². The fraction of sp³-hybridized carbons (Fsp3) is 0.212. The van der Waals surface area contributed by atoms with E-state index in [4.69, 9.17) is 0 Å². The maximum absolute atomic E-state index is 2.49. The highest BCUT2D eigenvalue weighted by Gasteiger charge is 2.26. The molecule has 3 aromatic rings. The van der Waals surface area contributed by atoms with Crippen molar-refractivity contribution in [3.05, 3.63) is 131 Å². The van der Waals surface area contributed by atoms with Crippen molar-refractivity contribution in [2.75, 3.05) is 16.8 Å². The summed E-state index contributed by atoms with van der Waals surface area (Å²) in [7, 11) is 2.21. The number of hydrogen-bond acceptors (Lipinski definition) is 2. The maximum Gasteiger partial charge on any atom is 0.0546 e. The standard InChI is InChI=1S/C33H34N2/c1-5-26-21-23-32-29(22-20-27-15-7-9-19-31(27)34(32)4)33(26)35(30-18-8-6-14-25(30)3)28-16-10-12-24(2)13-11-17-28/h6-19,21,23H,5,20,22H2,1-4H3. The first-order valence-electron chi connectivity index (χ1n) is 12.6. The third-order valence-electron chi connectivity index (χ3n) is 7.17. The minimum Gasteiger partial charge on any atom is -0.344 e. The first kappa shape index (κ1) is 23.0. The molecular weight excluding hydrogens is 424 g/mol. The van der Waals surface area contributed by atoms with Gasteiger partial charge in [0.2, 0.25) is 0 Å². The van der Waals surface area contributed by atoms with E-state index in [1.165, 1.54) is 56.3 Å². The van der Waals surface area contributed by atoms with Crippen LogP contribution in [0.4, 0.5) is 22.7 Å². The second kappa shape index (κ2) is 9.84. The zero-order valence-electron chi connectivity index (χ0n) is 21.3. The number of hydrogen-bond donors (Lipinski definition) is 0. The minimum absolute atomic E-state index is 0.980. The number of para-hydroxylation sites is 2. The van der Waals surface area contributed by atoms with Crippen LogP contribution in [0, 0.1) is 6.92 Å². The van der Waals surface area contributed by atoms with E-state index in [-0.39, 0.29) is 0 Å². The number of fused-ring (bicyclic) bond motifs is 2. The fourth-order valence-corrected chi connectivity index (χ4v) is 5.30. The molecule has 2 heteroatoms. The highest BCUT2D eigenvalue weighted by Crippen LogP contribution is 2.45. The predicted octanol–water partition coefficient (Wildman–Crippen LogP) is 8.52. The summed E-state index contributed by atoms with van der Waals surface area (Å²) in [5.74, 6) is 0. The van der Waals surface area contributed by atoms with Crippen LogP contribution in [0.25, 0.3) is 0 Å². The lowest BCUT2D eigenvalue weighted by atomic mass is 9.95. The smallest absolute Gasteiger partial charge is 0.0546 e. The zero-order chi connectivity index (χ0) is 24.4. The predicted molar refractivity (Wildman–Crippen MR) is 151 cm³/mol. The molecule has 0 atom stereocenters. The van der Waals surface area contributed by atoms with Gasteiger partial charge in [0.25, 0.3) is 0 Å². The Bertz CT molecular complexity index is 1370. The summed E-state index contributed by atoms with van der Waals surface area (Å²) in [5, 5.41) is 0. The number of aryl methyl sites for hydroxylation is 3. The lowest BCUT2D eigenvalue weighted by molar-refractivity contribution is 0.959. The van der Waals surface area contributed by atoms with Gasteiger partial charge in [0.05, 0.1) is 5.69 Å². The van der Waals surface area contributed by atoms with Crippen LogP contribution >= 0.6 is 0 Å². The van der Waals surface area contributed by atoms with E-state index in [1.54, 1.807) is 0 Å². The summed E-state index contributed by atoms with van der Waals surface area (Å²) in [6.45, 7) is 6.62. The van der Waals surface area contributed by atoms with Crippen LogP contribution in [0.15, 0.2) is 108 Å². The third kappa shape index (κ3) is 4.37. The van der Waals surface area contributed by atoms with Crippen molar-refractivity contribution in [3.8, 4) is 0 Å². The SMILES string of the molecule is CCc1ccc2c(c1N(C1=CC=CC(C)=CC=C1)c1ccccc1C)CCc1ccccc1N2C. The summed E-state index contributed by atoms with van der Waals surface area (Å²) in [4.78, 5) is 4.87. The minimum atomic E-state index is 0.980. The molecular formula is C33H34N2. The van der Waals surface area contributed by atoms with Crippen LogP contribution in [0.2, 0.25) is 0 Å². The summed E-state index contributed by atoms with van der Waals surface area (Å²) in [6, 6.07) is 22.2. The molecule has 0 N–H and O–H groups in total. The quantitative estimate of drug-likeness (QED) is 0.386. The average Bonchev–Trinajstić information content (AvgIpc) is 3.00. The molecule has 35 heavy (non-hydrogen) atoms. The normalized spacial score (nSPS) is 14.8. The van der Waals surface area contributed by atoms with E-state index in [2.05, 4.69) is 135 Å². The molecule has 3 aromatic carbocycles. The average molecular weight is 459 g/mol. The fourth-order valence-electron chi connectivity index (χ4n) is 5.30. The Morgan fingerprint density at radius 3 is 2.40 bits per heavy atom. The van der Waals surface area contributed by atoms with Gasteiger partial charge in [-0.25, -0.2) is 0 Å². The van der Waals surface area contributed by atoms with Crippen molar-refractivity contribution in [3.63, 3.8) is 0 Å². The van der Waals surface area contributed by atoms with Crippen LogP contribution < -0.4 is 9.80 Å². The molecule has 5 rings (SSSR count). The van der Waals surface area contributed by atoms with Crippen LogP contribution in [-0.4, -0.2) is 7.05 Å². The summed E-state index contributed by atoms with van der Waals surface area (Å²) < 4.78 is 0. The highest BCUT2D eigenvalue weighted by atomic mass is 15.2. The largest absolute Gasteiger partial charge is 0.344 e. The topological polar surface area (TPSA) is 6.48 Å². The van der Waals surface area contributed by atoms with Gasteiger partial charge in [0.1, 0.15) is 0 Å². The second-order valence-corrected chi connectivity index (χ2v) is 9.45.